The molecule has 0 aromatic carbocycles. The summed E-state index contributed by atoms with van der Waals surface area (Å²) in [6.45, 7) is -0.466. The Bertz CT molecular complexity index is 1610. The number of anilines is 2. The molecule has 0 spiro atoms. The van der Waals surface area contributed by atoms with Gasteiger partial charge in [-0.3, -0.25) is 9.13 Å². The number of hydrogen-bond acceptors (Lipinski definition) is 14. The van der Waals surface area contributed by atoms with Crippen molar-refractivity contribution < 1.29 is 36.9 Å². The fourth-order valence-electron chi connectivity index (χ4n) is 5.04. The monoisotopic (exact) mass is 610 g/mol. The van der Waals surface area contributed by atoms with Crippen LogP contribution in [0.15, 0.2) is 25.3 Å². The summed E-state index contributed by atoms with van der Waals surface area (Å²) in [5, 5.41) is 0. The quantitative estimate of drug-likeness (QED) is 0.217. The van der Waals surface area contributed by atoms with Crippen LogP contribution in [-0.4, -0.2) is 81.7 Å². The van der Waals surface area contributed by atoms with E-state index in [0.717, 1.165) is 0 Å². The van der Waals surface area contributed by atoms with Gasteiger partial charge in [0.15, 0.2) is 29.1 Å². The van der Waals surface area contributed by atoms with Crippen LogP contribution >= 0.6 is 16.3 Å². The number of nitrogen functional groups attached to an aromatic ring is 2. The van der Waals surface area contributed by atoms with Gasteiger partial charge in [-0.25, -0.2) is 34.3 Å². The molecule has 4 aromatic heterocycles. The normalized spacial score (nSPS) is 27.2. The largest absolute Gasteiger partial charge is 0.694 e. The summed E-state index contributed by atoms with van der Waals surface area (Å²) in [7, 11) is -5.15. The van der Waals surface area contributed by atoms with Crippen molar-refractivity contribution in [3.63, 3.8) is 0 Å². The summed E-state index contributed by atoms with van der Waals surface area (Å²) in [5.41, 5.74) is 13.3. The number of ether oxygens (including phenoxy) is 2. The molecule has 0 radical (unpaired) electrons. The van der Waals surface area contributed by atoms with Crippen LogP contribution in [0, 0.1) is 5.92 Å². The number of nitrogens with two attached hydrogens (primary N) is 2. The first kappa shape index (κ1) is 27.8. The summed E-state index contributed by atoms with van der Waals surface area (Å²) in [6, 6.07) is 0. The van der Waals surface area contributed by atoms with Gasteiger partial charge in [0.25, 0.3) is 0 Å². The first-order chi connectivity index (χ1) is 19.8. The van der Waals surface area contributed by atoms with Crippen LogP contribution < -0.4 is 11.5 Å². The Kier molecular flexibility index (Phi) is 7.78. The van der Waals surface area contributed by atoms with Gasteiger partial charge in [0, 0.05) is 23.3 Å². The Balaban J connectivity index is 1.09. The topological polar surface area (TPSA) is 231 Å². The van der Waals surface area contributed by atoms with Gasteiger partial charge in [-0.1, -0.05) is 0 Å². The lowest BCUT2D eigenvalue weighted by atomic mass is 10.0. The van der Waals surface area contributed by atoms with Crippen molar-refractivity contribution in [2.24, 2.45) is 5.92 Å². The SMILES string of the molecule is Nc1ncnc2c1ncn2[C@H]1C[C@@H](F)C(CO[P+](=O)C[C@H]2C[C@H](n3cnc4c(N)ncnc43)O[C@@H]2CO[P+](=O)O)O1. The van der Waals surface area contributed by atoms with Crippen LogP contribution in [0.1, 0.15) is 25.3 Å². The summed E-state index contributed by atoms with van der Waals surface area (Å²) >= 11 is 0. The van der Waals surface area contributed by atoms with E-state index >= 15 is 0 Å². The molecule has 5 N–H and O–H groups in total. The molecule has 0 aliphatic carbocycles. The zero-order chi connectivity index (χ0) is 28.7. The van der Waals surface area contributed by atoms with E-state index in [1.807, 2.05) is 0 Å². The maximum Gasteiger partial charge on any atom is 0.694 e. The van der Waals surface area contributed by atoms with Crippen molar-refractivity contribution >= 4 is 50.2 Å². The number of rotatable bonds is 10. The lowest BCUT2D eigenvalue weighted by Crippen LogP contribution is -2.25. The Morgan fingerprint density at radius 3 is 2.05 bits per heavy atom. The molecule has 20 heteroatoms. The molecule has 2 saturated heterocycles. The van der Waals surface area contributed by atoms with E-state index < -0.39 is 53.0 Å². The maximum atomic E-state index is 14.9. The fourth-order valence-corrected chi connectivity index (χ4v) is 6.50. The average Bonchev–Trinajstić information content (AvgIpc) is 3.72. The van der Waals surface area contributed by atoms with Crippen LogP contribution in [0.25, 0.3) is 22.3 Å². The summed E-state index contributed by atoms with van der Waals surface area (Å²) < 4.78 is 64.6. The molecule has 41 heavy (non-hydrogen) atoms. The van der Waals surface area contributed by atoms with E-state index in [-0.39, 0.29) is 37.4 Å². The van der Waals surface area contributed by atoms with Crippen molar-refractivity contribution in [2.45, 2.75) is 43.7 Å². The molecule has 2 aliphatic heterocycles. The highest BCUT2D eigenvalue weighted by Crippen LogP contribution is 2.42. The van der Waals surface area contributed by atoms with E-state index in [9.17, 15) is 13.5 Å². The number of imidazole rings is 2. The summed E-state index contributed by atoms with van der Waals surface area (Å²) in [6.07, 6.45) is 1.61. The van der Waals surface area contributed by atoms with Crippen molar-refractivity contribution in [2.75, 3.05) is 30.8 Å². The van der Waals surface area contributed by atoms with Crippen LogP contribution in [0.5, 0.6) is 0 Å². The number of alkyl halides is 1. The minimum absolute atomic E-state index is 0.0179. The van der Waals surface area contributed by atoms with Gasteiger partial charge in [-0.2, -0.15) is 0 Å². The number of hydrogen-bond donors (Lipinski definition) is 3. The van der Waals surface area contributed by atoms with E-state index in [4.69, 9.17) is 34.9 Å². The van der Waals surface area contributed by atoms with E-state index in [2.05, 4.69) is 29.9 Å². The van der Waals surface area contributed by atoms with Crippen LogP contribution in [-0.2, 0) is 27.7 Å². The second-order valence-electron chi connectivity index (χ2n) is 9.52. The van der Waals surface area contributed by atoms with Crippen LogP contribution in [0.4, 0.5) is 16.0 Å². The van der Waals surface area contributed by atoms with Gasteiger partial charge < -0.3 is 20.9 Å². The molecule has 4 aromatic rings. The van der Waals surface area contributed by atoms with Gasteiger partial charge >= 0.3 is 16.3 Å². The molecular weight excluding hydrogens is 585 g/mol. The smallest absolute Gasteiger partial charge is 0.382 e. The fraction of sp³-hybridized carbons (Fsp3) is 0.524. The number of aromatic nitrogens is 8. The lowest BCUT2D eigenvalue weighted by molar-refractivity contribution is -0.0271. The molecule has 216 valence electrons. The first-order valence-corrected chi connectivity index (χ1v) is 15.0. The van der Waals surface area contributed by atoms with E-state index in [1.165, 1.54) is 25.3 Å². The van der Waals surface area contributed by atoms with Gasteiger partial charge in [-0.05, 0) is 4.57 Å². The van der Waals surface area contributed by atoms with Crippen LogP contribution in [0.2, 0.25) is 0 Å². The zero-order valence-corrected chi connectivity index (χ0v) is 23.0. The Labute approximate surface area is 232 Å². The molecule has 0 saturated carbocycles. The molecule has 2 fully saturated rings. The van der Waals surface area contributed by atoms with Crippen LogP contribution in [0.3, 0.4) is 0 Å². The molecular formula is C21H25FN10O7P2+2. The van der Waals surface area contributed by atoms with Gasteiger partial charge in [-0.15, -0.1) is 13.9 Å². The van der Waals surface area contributed by atoms with Crippen molar-refractivity contribution in [1.82, 2.24) is 39.0 Å². The number of nitrogens with zero attached hydrogens (tertiary/aromatic N) is 8. The van der Waals surface area contributed by atoms with E-state index in [1.54, 1.807) is 9.13 Å². The van der Waals surface area contributed by atoms with Gasteiger partial charge in [0.05, 0.1) is 18.8 Å². The molecule has 3 unspecified atom stereocenters. The maximum absolute atomic E-state index is 14.9. The minimum atomic E-state index is -2.87. The predicted octanol–water partition coefficient (Wildman–Crippen LogP) is 1.79. The predicted molar refractivity (Wildman–Crippen MR) is 139 cm³/mol. The van der Waals surface area contributed by atoms with Crippen molar-refractivity contribution in [1.29, 1.82) is 0 Å². The summed E-state index contributed by atoms with van der Waals surface area (Å²) in [4.78, 5) is 33.7. The zero-order valence-electron chi connectivity index (χ0n) is 21.2. The second kappa shape index (κ2) is 11.5. The highest BCUT2D eigenvalue weighted by molar-refractivity contribution is 7.39. The third kappa shape index (κ3) is 5.59. The lowest BCUT2D eigenvalue weighted by Gasteiger charge is -2.14. The number of halogens is 1. The van der Waals surface area contributed by atoms with Gasteiger partial charge in [0.2, 0.25) is 0 Å². The Hall–Kier alpha value is -3.37. The highest BCUT2D eigenvalue weighted by atomic mass is 31.1. The molecule has 17 nitrogen and oxygen atoms in total. The molecule has 0 amide bonds. The second-order valence-corrected chi connectivity index (χ2v) is 11.5. The minimum Gasteiger partial charge on any atom is -0.382 e. The molecule has 6 rings (SSSR count). The van der Waals surface area contributed by atoms with E-state index in [0.29, 0.717) is 28.7 Å². The van der Waals surface area contributed by atoms with Gasteiger partial charge in [0.1, 0.15) is 61.6 Å². The third-order valence-corrected chi connectivity index (χ3v) is 8.61. The van der Waals surface area contributed by atoms with Crippen molar-refractivity contribution in [3.05, 3.63) is 25.3 Å². The first-order valence-electron chi connectivity index (χ1n) is 12.5. The Morgan fingerprint density at radius 2 is 1.44 bits per heavy atom. The molecule has 6 heterocycles. The average molecular weight is 610 g/mol. The summed E-state index contributed by atoms with van der Waals surface area (Å²) in [5.74, 6) is 0.0147. The standard InChI is InChI=1S/C21H24FN10O7P2/c22-11-2-15(32-9-30-17-19(24)26-7-28-21(17)32)39-13(11)4-36-40(33)5-10-1-14(38-12(10)3-37-41(34)35)31-8-29-16-18(23)25-6-27-20(16)31/h6-15H,1-5H2,(H4-,23,24,25,26,27,28,34,35)/q+1/p+1/t10-,11-,12-,13?,14-,15-/m1/s1. The Morgan fingerprint density at radius 1 is 0.878 bits per heavy atom. The highest BCUT2D eigenvalue weighted by Gasteiger charge is 2.45. The van der Waals surface area contributed by atoms with Crippen molar-refractivity contribution in [3.8, 4) is 0 Å². The molecule has 8 atom stereocenters. The third-order valence-electron chi connectivity index (χ3n) is 7.03. The number of fused-ring (bicyclic) bond motifs is 2. The molecule has 2 aliphatic rings. The molecule has 0 bridgehead atoms.